The van der Waals surface area contributed by atoms with Crippen molar-refractivity contribution in [3.8, 4) is 0 Å². The molecular weight excluding hydrogens is 340 g/mol. The van der Waals surface area contributed by atoms with E-state index in [9.17, 15) is 0 Å². The molecule has 2 aliphatic rings. The molecule has 0 bridgehead atoms. The molecular formula is C21H22N4S. The molecule has 5 rings (SSSR count). The maximum Gasteiger partial charge on any atom is 0.160 e. The number of aliphatic imine (C=N–C) groups is 1. The summed E-state index contributed by atoms with van der Waals surface area (Å²) in [6.45, 7) is 6.51. The Morgan fingerprint density at radius 3 is 2.81 bits per heavy atom. The van der Waals surface area contributed by atoms with Crippen LogP contribution >= 0.6 is 11.8 Å². The van der Waals surface area contributed by atoms with E-state index in [-0.39, 0.29) is 12.1 Å². The van der Waals surface area contributed by atoms with E-state index in [0.29, 0.717) is 5.25 Å². The summed E-state index contributed by atoms with van der Waals surface area (Å²) in [4.78, 5) is 12.2. The van der Waals surface area contributed by atoms with Gasteiger partial charge >= 0.3 is 0 Å². The lowest BCUT2D eigenvalue weighted by Gasteiger charge is -2.26. The van der Waals surface area contributed by atoms with Crippen LogP contribution in [0.3, 0.4) is 0 Å². The zero-order valence-electron chi connectivity index (χ0n) is 15.0. The van der Waals surface area contributed by atoms with Gasteiger partial charge in [0.25, 0.3) is 0 Å². The Kier molecular flexibility index (Phi) is 3.78. The van der Waals surface area contributed by atoms with Crippen LogP contribution < -0.4 is 0 Å². The molecule has 1 aromatic carbocycles. The van der Waals surface area contributed by atoms with Crippen molar-refractivity contribution in [2.75, 3.05) is 6.54 Å². The van der Waals surface area contributed by atoms with Gasteiger partial charge < -0.3 is 9.47 Å². The first-order valence-corrected chi connectivity index (χ1v) is 10.1. The number of amidine groups is 1. The molecule has 5 heteroatoms. The Hall–Kier alpha value is -2.27. The topological polar surface area (TPSA) is 33.4 Å². The van der Waals surface area contributed by atoms with Gasteiger partial charge in [-0.3, -0.25) is 9.98 Å². The highest BCUT2D eigenvalue weighted by Gasteiger charge is 2.44. The first-order valence-electron chi connectivity index (χ1n) is 9.26. The second kappa shape index (κ2) is 6.16. The summed E-state index contributed by atoms with van der Waals surface area (Å²) >= 11 is 1.89. The van der Waals surface area contributed by atoms with Crippen LogP contribution in [0.2, 0.25) is 0 Å². The molecule has 26 heavy (non-hydrogen) atoms. The van der Waals surface area contributed by atoms with Crippen LogP contribution in [0.25, 0.3) is 10.9 Å². The van der Waals surface area contributed by atoms with Gasteiger partial charge in [0.1, 0.15) is 6.04 Å². The van der Waals surface area contributed by atoms with Gasteiger partial charge in [-0.05, 0) is 25.1 Å². The maximum atomic E-state index is 5.10. The molecule has 3 aromatic rings. The summed E-state index contributed by atoms with van der Waals surface area (Å²) in [5.74, 6) is 0. The second-order valence-electron chi connectivity index (χ2n) is 7.02. The van der Waals surface area contributed by atoms with E-state index in [1.165, 1.54) is 21.6 Å². The van der Waals surface area contributed by atoms with Crippen LogP contribution in [0.15, 0.2) is 59.9 Å². The third-order valence-corrected chi connectivity index (χ3v) is 6.46. The quantitative estimate of drug-likeness (QED) is 0.680. The molecule has 0 spiro atoms. The summed E-state index contributed by atoms with van der Waals surface area (Å²) in [6.07, 6.45) is 4.21. The van der Waals surface area contributed by atoms with E-state index in [4.69, 9.17) is 4.99 Å². The Morgan fingerprint density at radius 2 is 2.00 bits per heavy atom. The van der Waals surface area contributed by atoms with Crippen LogP contribution in [-0.2, 0) is 6.54 Å². The largest absolute Gasteiger partial charge is 0.347 e. The standard InChI is InChI=1S/C21H22N4S/c1-3-24-13-16(15-8-4-5-10-18(15)24)20-19(17-9-6-7-11-22-17)23-21-25(20)12-14(2)26-21/h4-11,13-14,19-20H,3,12H2,1-2H3/t14-,19+,20+/m0/s1. The van der Waals surface area contributed by atoms with Gasteiger partial charge in [0.05, 0.1) is 11.7 Å². The first-order chi connectivity index (χ1) is 12.8. The summed E-state index contributed by atoms with van der Waals surface area (Å²) in [6, 6.07) is 15.1. The van der Waals surface area contributed by atoms with E-state index in [1.54, 1.807) is 0 Å². The van der Waals surface area contributed by atoms with Crippen LogP contribution in [0, 0.1) is 0 Å². The predicted octanol–water partition coefficient (Wildman–Crippen LogP) is 4.65. The lowest BCUT2D eigenvalue weighted by molar-refractivity contribution is 0.323. The van der Waals surface area contributed by atoms with Crippen LogP contribution in [0.5, 0.6) is 0 Å². The number of hydrogen-bond donors (Lipinski definition) is 0. The molecule has 0 unspecified atom stereocenters. The third-order valence-electron chi connectivity index (χ3n) is 5.36. The van der Waals surface area contributed by atoms with Gasteiger partial charge in [-0.2, -0.15) is 0 Å². The number of aromatic nitrogens is 2. The smallest absolute Gasteiger partial charge is 0.160 e. The Morgan fingerprint density at radius 1 is 1.15 bits per heavy atom. The lowest BCUT2D eigenvalue weighted by Crippen LogP contribution is -2.28. The van der Waals surface area contributed by atoms with Crippen molar-refractivity contribution in [2.45, 2.75) is 37.7 Å². The molecule has 4 nitrogen and oxygen atoms in total. The van der Waals surface area contributed by atoms with Crippen molar-refractivity contribution in [1.29, 1.82) is 0 Å². The highest BCUT2D eigenvalue weighted by Crippen LogP contribution is 2.49. The number of benzene rings is 1. The normalized spacial score (nSPS) is 24.9. The van der Waals surface area contributed by atoms with Crippen LogP contribution in [0.4, 0.5) is 0 Å². The molecule has 132 valence electrons. The fraction of sp³-hybridized carbons (Fsp3) is 0.333. The molecule has 1 saturated heterocycles. The number of pyridine rings is 1. The molecule has 0 N–H and O–H groups in total. The molecule has 4 heterocycles. The third kappa shape index (κ3) is 2.37. The average molecular weight is 363 g/mol. The van der Waals surface area contributed by atoms with E-state index in [2.05, 4.69) is 70.9 Å². The number of rotatable bonds is 3. The van der Waals surface area contributed by atoms with E-state index < -0.39 is 0 Å². The first kappa shape index (κ1) is 15.9. The maximum absolute atomic E-state index is 5.10. The van der Waals surface area contributed by atoms with E-state index >= 15 is 0 Å². The predicted molar refractivity (Wildman–Crippen MR) is 109 cm³/mol. The Balaban J connectivity index is 1.68. The lowest BCUT2D eigenvalue weighted by atomic mass is 9.96. The fourth-order valence-corrected chi connectivity index (χ4v) is 5.32. The van der Waals surface area contributed by atoms with Gasteiger partial charge in [0.2, 0.25) is 0 Å². The molecule has 3 atom stereocenters. The highest BCUT2D eigenvalue weighted by atomic mass is 32.2. The monoisotopic (exact) mass is 362 g/mol. The van der Waals surface area contributed by atoms with Gasteiger partial charge in [-0.25, -0.2) is 0 Å². The van der Waals surface area contributed by atoms with Crippen LogP contribution in [-0.4, -0.2) is 31.4 Å². The SMILES string of the molecule is CCn1cc([C@@H]2[C@@H](c3ccccn3)N=C3S[C@@H](C)CN32)c2ccccc21. The van der Waals surface area contributed by atoms with E-state index in [1.807, 2.05) is 24.0 Å². The number of thioether (sulfide) groups is 1. The van der Waals surface area contributed by atoms with Crippen LogP contribution in [0.1, 0.15) is 37.2 Å². The van der Waals surface area contributed by atoms with Crippen molar-refractivity contribution in [3.63, 3.8) is 0 Å². The summed E-state index contributed by atoms with van der Waals surface area (Å²) in [7, 11) is 0. The zero-order chi connectivity index (χ0) is 17.7. The van der Waals surface area contributed by atoms with Gasteiger partial charge in [0, 0.05) is 47.2 Å². The molecule has 0 amide bonds. The molecule has 0 aliphatic carbocycles. The number of nitrogens with zero attached hydrogens (tertiary/aromatic N) is 4. The van der Waals surface area contributed by atoms with Crippen molar-refractivity contribution in [2.24, 2.45) is 4.99 Å². The van der Waals surface area contributed by atoms with Crippen molar-refractivity contribution < 1.29 is 0 Å². The van der Waals surface area contributed by atoms with Crippen molar-refractivity contribution >= 4 is 27.8 Å². The number of fused-ring (bicyclic) bond motifs is 2. The second-order valence-corrected chi connectivity index (χ2v) is 8.43. The Labute approximate surface area is 157 Å². The van der Waals surface area contributed by atoms with Gasteiger partial charge in [-0.1, -0.05) is 43.0 Å². The highest BCUT2D eigenvalue weighted by molar-refractivity contribution is 8.14. The van der Waals surface area contributed by atoms with Gasteiger partial charge in [-0.15, -0.1) is 0 Å². The molecule has 0 radical (unpaired) electrons. The summed E-state index contributed by atoms with van der Waals surface area (Å²) in [5.41, 5.74) is 3.73. The molecule has 2 aromatic heterocycles. The number of para-hydroxylation sites is 1. The minimum Gasteiger partial charge on any atom is -0.347 e. The number of aryl methyl sites for hydroxylation is 1. The molecule has 2 aliphatic heterocycles. The molecule has 0 saturated carbocycles. The summed E-state index contributed by atoms with van der Waals surface area (Å²) in [5, 5.41) is 3.09. The number of hydrogen-bond acceptors (Lipinski definition) is 4. The van der Waals surface area contributed by atoms with Gasteiger partial charge in [0.15, 0.2) is 5.17 Å². The zero-order valence-corrected chi connectivity index (χ0v) is 15.9. The average Bonchev–Trinajstić information content (AvgIpc) is 3.32. The van der Waals surface area contributed by atoms with E-state index in [0.717, 1.165) is 18.8 Å². The van der Waals surface area contributed by atoms with Crippen molar-refractivity contribution in [3.05, 3.63) is 66.1 Å². The minimum absolute atomic E-state index is 0.0577. The molecule has 1 fully saturated rings. The van der Waals surface area contributed by atoms with Crippen molar-refractivity contribution in [1.82, 2.24) is 14.5 Å². The minimum atomic E-state index is 0.0577. The fourth-order valence-electron chi connectivity index (χ4n) is 4.23. The summed E-state index contributed by atoms with van der Waals surface area (Å²) < 4.78 is 2.35. The Bertz CT molecular complexity index is 978.